The number of carbonyl (C=O) groups excluding carboxylic acids is 1. The molecule has 28 heavy (non-hydrogen) atoms. The van der Waals surface area contributed by atoms with E-state index in [2.05, 4.69) is 20.7 Å². The highest BCUT2D eigenvalue weighted by Crippen LogP contribution is 2.26. The van der Waals surface area contributed by atoms with Crippen molar-refractivity contribution in [3.63, 3.8) is 0 Å². The lowest BCUT2D eigenvalue weighted by molar-refractivity contribution is 0.102. The highest BCUT2D eigenvalue weighted by atomic mass is 32.2. The van der Waals surface area contributed by atoms with Crippen LogP contribution in [0.3, 0.4) is 0 Å². The Balaban J connectivity index is 1.35. The molecular weight excluding hydrogens is 406 g/mol. The van der Waals surface area contributed by atoms with Crippen LogP contribution in [-0.2, 0) is 5.75 Å². The van der Waals surface area contributed by atoms with E-state index in [1.807, 2.05) is 60.8 Å². The van der Waals surface area contributed by atoms with E-state index >= 15 is 0 Å². The topological polar surface area (TPSA) is 54.9 Å². The third-order valence-corrected chi connectivity index (χ3v) is 7.03. The van der Waals surface area contributed by atoms with E-state index in [1.165, 1.54) is 5.56 Å². The minimum Gasteiger partial charge on any atom is -0.322 e. The number of nitrogens with zero attached hydrogens (tertiary/aromatic N) is 2. The molecule has 0 saturated carbocycles. The Labute approximate surface area is 175 Å². The van der Waals surface area contributed by atoms with Gasteiger partial charge in [0.1, 0.15) is 9.35 Å². The predicted octanol–water partition coefficient (Wildman–Crippen LogP) is 6.12. The van der Waals surface area contributed by atoms with Gasteiger partial charge in [0, 0.05) is 45.2 Å². The fourth-order valence-electron chi connectivity index (χ4n) is 2.56. The van der Waals surface area contributed by atoms with Gasteiger partial charge in [-0.3, -0.25) is 4.79 Å². The van der Waals surface area contributed by atoms with Crippen molar-refractivity contribution in [2.75, 3.05) is 5.32 Å². The van der Waals surface area contributed by atoms with E-state index < -0.39 is 0 Å². The number of nitrogens with one attached hydrogen (secondary N) is 1. The molecule has 4 nitrogen and oxygen atoms in total. The maximum absolute atomic E-state index is 12.5. The zero-order chi connectivity index (χ0) is 19.3. The fraction of sp³-hybridized carbons (Fsp3) is 0.0952. The summed E-state index contributed by atoms with van der Waals surface area (Å²) in [7, 11) is 0. The standard InChI is InChI=1S/C21H17N3OS3/c1-14-12-27-21(23-14)28-13-15-2-4-16(5-3-15)19(25)24-18-8-6-17(7-9-18)20-22-10-11-26-20/h2-12H,13H2,1H3,(H,24,25). The van der Waals surface area contributed by atoms with Gasteiger partial charge >= 0.3 is 0 Å². The van der Waals surface area contributed by atoms with Crippen LogP contribution in [0.2, 0.25) is 0 Å². The summed E-state index contributed by atoms with van der Waals surface area (Å²) >= 11 is 4.97. The first-order valence-electron chi connectivity index (χ1n) is 8.62. The van der Waals surface area contributed by atoms with Crippen LogP contribution in [-0.4, -0.2) is 15.9 Å². The molecule has 140 valence electrons. The van der Waals surface area contributed by atoms with Gasteiger partial charge < -0.3 is 5.32 Å². The number of aromatic nitrogens is 2. The summed E-state index contributed by atoms with van der Waals surface area (Å²) in [5.41, 5.74) is 4.68. The number of hydrogen-bond acceptors (Lipinski definition) is 6. The van der Waals surface area contributed by atoms with Crippen LogP contribution in [0.5, 0.6) is 0 Å². The molecule has 2 aromatic carbocycles. The zero-order valence-corrected chi connectivity index (χ0v) is 17.5. The van der Waals surface area contributed by atoms with E-state index in [1.54, 1.807) is 40.6 Å². The third kappa shape index (κ3) is 4.67. The summed E-state index contributed by atoms with van der Waals surface area (Å²) in [4.78, 5) is 21.2. The number of amides is 1. The molecule has 0 fully saturated rings. The van der Waals surface area contributed by atoms with Gasteiger partial charge in [0.05, 0.1) is 0 Å². The molecule has 0 spiro atoms. The SMILES string of the molecule is Cc1csc(SCc2ccc(C(=O)Nc3ccc(-c4nccs4)cc3)cc2)n1. The molecule has 0 bridgehead atoms. The number of thioether (sulfide) groups is 1. The van der Waals surface area contributed by atoms with Crippen LogP contribution < -0.4 is 5.32 Å². The Kier molecular flexibility index (Phi) is 5.85. The van der Waals surface area contributed by atoms with Crippen molar-refractivity contribution in [3.8, 4) is 10.6 Å². The van der Waals surface area contributed by atoms with E-state index in [9.17, 15) is 4.79 Å². The molecule has 0 atom stereocenters. The second-order valence-electron chi connectivity index (χ2n) is 6.11. The Hall–Kier alpha value is -2.48. The van der Waals surface area contributed by atoms with Gasteiger partial charge in [-0.15, -0.1) is 22.7 Å². The predicted molar refractivity (Wildman–Crippen MR) is 118 cm³/mol. The summed E-state index contributed by atoms with van der Waals surface area (Å²) in [6, 6.07) is 15.4. The third-order valence-electron chi connectivity index (χ3n) is 4.00. The highest BCUT2D eigenvalue weighted by Gasteiger charge is 2.08. The first-order chi connectivity index (χ1) is 13.7. The first-order valence-corrected chi connectivity index (χ1v) is 11.4. The largest absolute Gasteiger partial charge is 0.322 e. The van der Waals surface area contributed by atoms with E-state index in [0.29, 0.717) is 5.56 Å². The van der Waals surface area contributed by atoms with Crippen molar-refractivity contribution in [2.24, 2.45) is 0 Å². The van der Waals surface area contributed by atoms with Crippen LogP contribution in [0.4, 0.5) is 5.69 Å². The second-order valence-corrected chi connectivity index (χ2v) is 9.08. The number of thiazole rings is 2. The van der Waals surface area contributed by atoms with Gasteiger partial charge in [-0.05, 0) is 48.9 Å². The Morgan fingerprint density at radius 1 is 1.07 bits per heavy atom. The van der Waals surface area contributed by atoms with Gasteiger partial charge in [0.25, 0.3) is 5.91 Å². The Morgan fingerprint density at radius 3 is 2.50 bits per heavy atom. The quantitative estimate of drug-likeness (QED) is 0.380. The fourth-order valence-corrected chi connectivity index (χ4v) is 5.01. The van der Waals surface area contributed by atoms with Gasteiger partial charge in [-0.25, -0.2) is 9.97 Å². The van der Waals surface area contributed by atoms with E-state index in [4.69, 9.17) is 0 Å². The molecule has 0 unspecified atom stereocenters. The lowest BCUT2D eigenvalue weighted by atomic mass is 10.1. The number of aryl methyl sites for hydroxylation is 1. The molecule has 0 aliphatic carbocycles. The second kappa shape index (κ2) is 8.68. The van der Waals surface area contributed by atoms with Crippen LogP contribution in [0.25, 0.3) is 10.6 Å². The Bertz CT molecular complexity index is 1060. The molecule has 4 rings (SSSR count). The van der Waals surface area contributed by atoms with Crippen molar-refractivity contribution in [2.45, 2.75) is 17.0 Å². The van der Waals surface area contributed by atoms with Crippen molar-refractivity contribution >= 4 is 46.0 Å². The molecule has 0 radical (unpaired) electrons. The van der Waals surface area contributed by atoms with Crippen LogP contribution in [0.15, 0.2) is 69.8 Å². The van der Waals surface area contributed by atoms with Crippen LogP contribution >= 0.6 is 34.4 Å². The highest BCUT2D eigenvalue weighted by molar-refractivity contribution is 8.00. The van der Waals surface area contributed by atoms with Crippen molar-refractivity contribution in [1.82, 2.24) is 9.97 Å². The molecule has 1 N–H and O–H groups in total. The van der Waals surface area contributed by atoms with E-state index in [0.717, 1.165) is 32.0 Å². The van der Waals surface area contributed by atoms with Gasteiger partial charge in [-0.1, -0.05) is 23.9 Å². The summed E-state index contributed by atoms with van der Waals surface area (Å²) < 4.78 is 1.07. The normalized spacial score (nSPS) is 10.8. The molecular formula is C21H17N3OS3. The molecule has 0 aliphatic heterocycles. The first kappa shape index (κ1) is 18.9. The number of benzene rings is 2. The zero-order valence-electron chi connectivity index (χ0n) is 15.1. The van der Waals surface area contributed by atoms with Crippen molar-refractivity contribution < 1.29 is 4.79 Å². The van der Waals surface area contributed by atoms with Crippen LogP contribution in [0, 0.1) is 6.92 Å². The molecule has 0 aliphatic rings. The lowest BCUT2D eigenvalue weighted by Gasteiger charge is -2.07. The number of carbonyl (C=O) groups is 1. The molecule has 2 heterocycles. The Morgan fingerprint density at radius 2 is 1.86 bits per heavy atom. The maximum Gasteiger partial charge on any atom is 0.255 e. The summed E-state index contributed by atoms with van der Waals surface area (Å²) in [5.74, 6) is 0.726. The summed E-state index contributed by atoms with van der Waals surface area (Å²) in [5, 5.41) is 7.92. The smallest absolute Gasteiger partial charge is 0.255 e. The minimum absolute atomic E-state index is 0.114. The maximum atomic E-state index is 12.5. The number of hydrogen-bond donors (Lipinski definition) is 1. The molecule has 2 aromatic heterocycles. The lowest BCUT2D eigenvalue weighted by Crippen LogP contribution is -2.11. The molecule has 1 amide bonds. The average Bonchev–Trinajstić information content (AvgIpc) is 3.39. The van der Waals surface area contributed by atoms with Gasteiger partial charge in [0.15, 0.2) is 0 Å². The summed E-state index contributed by atoms with van der Waals surface area (Å²) in [6.07, 6.45) is 1.79. The van der Waals surface area contributed by atoms with Crippen LogP contribution in [0.1, 0.15) is 21.6 Å². The summed E-state index contributed by atoms with van der Waals surface area (Å²) in [6.45, 7) is 2.00. The number of anilines is 1. The molecule has 7 heteroatoms. The van der Waals surface area contributed by atoms with Crippen molar-refractivity contribution in [1.29, 1.82) is 0 Å². The van der Waals surface area contributed by atoms with Gasteiger partial charge in [0.2, 0.25) is 0 Å². The van der Waals surface area contributed by atoms with Crippen molar-refractivity contribution in [3.05, 3.63) is 82.3 Å². The van der Waals surface area contributed by atoms with E-state index in [-0.39, 0.29) is 5.91 Å². The minimum atomic E-state index is -0.114. The molecule has 4 aromatic rings. The van der Waals surface area contributed by atoms with Gasteiger partial charge in [-0.2, -0.15) is 0 Å². The number of rotatable bonds is 6. The molecule has 0 saturated heterocycles. The monoisotopic (exact) mass is 423 g/mol. The average molecular weight is 424 g/mol.